The Morgan fingerprint density at radius 1 is 1.36 bits per heavy atom. The first-order valence-corrected chi connectivity index (χ1v) is 10.6. The van der Waals surface area contributed by atoms with Gasteiger partial charge in [-0.15, -0.1) is 17.9 Å². The van der Waals surface area contributed by atoms with Crippen LogP contribution < -0.4 is 4.74 Å². The first kappa shape index (κ1) is 19.0. The molecule has 0 radical (unpaired) electrons. The third-order valence-electron chi connectivity index (χ3n) is 5.37. The molecule has 0 bridgehead atoms. The molecule has 1 aromatic heterocycles. The van der Waals surface area contributed by atoms with Crippen molar-refractivity contribution in [1.82, 2.24) is 9.88 Å². The van der Waals surface area contributed by atoms with Gasteiger partial charge in [0.1, 0.15) is 0 Å². The van der Waals surface area contributed by atoms with Crippen LogP contribution in [-0.2, 0) is 13.0 Å². The number of rotatable bonds is 6. The third kappa shape index (κ3) is 3.91. The van der Waals surface area contributed by atoms with Gasteiger partial charge in [-0.05, 0) is 49.6 Å². The Bertz CT molecular complexity index is 949. The Morgan fingerprint density at radius 3 is 3.00 bits per heavy atom. The maximum atomic E-state index is 10.6. The number of thiazole rings is 1. The Morgan fingerprint density at radius 2 is 2.21 bits per heavy atom. The van der Waals surface area contributed by atoms with Crippen molar-refractivity contribution in [2.75, 3.05) is 20.2 Å². The van der Waals surface area contributed by atoms with Crippen molar-refractivity contribution in [3.8, 4) is 11.5 Å². The minimum atomic E-state index is 0.248. The molecule has 0 unspecified atom stereocenters. The molecule has 0 amide bonds. The van der Waals surface area contributed by atoms with Crippen LogP contribution >= 0.6 is 11.3 Å². The number of nitrogens with zero attached hydrogens (tertiary/aromatic N) is 2. The van der Waals surface area contributed by atoms with Crippen LogP contribution in [0.1, 0.15) is 34.9 Å². The van der Waals surface area contributed by atoms with Gasteiger partial charge in [-0.2, -0.15) is 0 Å². The van der Waals surface area contributed by atoms with Gasteiger partial charge in [-0.1, -0.05) is 24.3 Å². The van der Waals surface area contributed by atoms with Crippen LogP contribution in [0.25, 0.3) is 10.2 Å². The molecule has 4 rings (SSSR count). The lowest BCUT2D eigenvalue weighted by Crippen LogP contribution is -2.33. The zero-order chi connectivity index (χ0) is 19.5. The Hall–Kier alpha value is -2.37. The lowest BCUT2D eigenvalue weighted by atomic mass is 9.97. The number of methoxy groups -OCH3 is 1. The van der Waals surface area contributed by atoms with Gasteiger partial charge in [-0.3, -0.25) is 4.90 Å². The molecule has 1 aliphatic heterocycles. The minimum absolute atomic E-state index is 0.248. The summed E-state index contributed by atoms with van der Waals surface area (Å²) in [6, 6.07) is 12.3. The second kappa shape index (κ2) is 8.33. The molecule has 0 saturated carbocycles. The van der Waals surface area contributed by atoms with Crippen LogP contribution in [-0.4, -0.2) is 35.2 Å². The van der Waals surface area contributed by atoms with Crippen LogP contribution in [0.5, 0.6) is 11.5 Å². The number of aromatic nitrogens is 1. The van der Waals surface area contributed by atoms with Crippen LogP contribution in [0.3, 0.4) is 0 Å². The van der Waals surface area contributed by atoms with Crippen molar-refractivity contribution >= 4 is 21.6 Å². The van der Waals surface area contributed by atoms with Gasteiger partial charge >= 0.3 is 0 Å². The zero-order valence-corrected chi connectivity index (χ0v) is 17.0. The highest BCUT2D eigenvalue weighted by atomic mass is 32.1. The average Bonchev–Trinajstić information content (AvgIpc) is 3.15. The van der Waals surface area contributed by atoms with E-state index < -0.39 is 0 Å². The summed E-state index contributed by atoms with van der Waals surface area (Å²) in [7, 11) is 1.60. The number of para-hydroxylation sites is 1. The number of piperidine rings is 1. The quantitative estimate of drug-likeness (QED) is 0.590. The van der Waals surface area contributed by atoms with Crippen molar-refractivity contribution in [3.63, 3.8) is 0 Å². The molecule has 1 aliphatic rings. The van der Waals surface area contributed by atoms with Crippen molar-refractivity contribution in [3.05, 3.63) is 65.2 Å². The number of benzene rings is 2. The monoisotopic (exact) mass is 394 g/mol. The molecule has 146 valence electrons. The predicted octanol–water partition coefficient (Wildman–Crippen LogP) is 5.12. The third-order valence-corrected chi connectivity index (χ3v) is 6.57. The van der Waals surface area contributed by atoms with Gasteiger partial charge in [0.15, 0.2) is 11.5 Å². The molecule has 1 atom stereocenters. The first-order chi connectivity index (χ1) is 13.7. The maximum Gasteiger partial charge on any atom is 0.162 e. The standard InChI is InChI=1S/C23H26N2O2S/c1-3-7-16-12-18(22(26)20(13-16)27-2)15-25-11-6-8-17(14-25)23-24-19-9-4-5-10-21(19)28-23/h3-5,9-10,12-13,17,26H,1,6-8,11,14-15H2,2H3/t17-/m1/s1. The molecule has 5 heteroatoms. The van der Waals surface area contributed by atoms with E-state index in [-0.39, 0.29) is 5.75 Å². The van der Waals surface area contributed by atoms with Gasteiger partial charge in [-0.25, -0.2) is 4.98 Å². The van der Waals surface area contributed by atoms with E-state index in [0.717, 1.165) is 42.6 Å². The summed E-state index contributed by atoms with van der Waals surface area (Å²) < 4.78 is 6.63. The van der Waals surface area contributed by atoms with Crippen LogP contribution in [0.2, 0.25) is 0 Å². The molecule has 2 heterocycles. The van der Waals surface area contributed by atoms with Crippen LogP contribution in [0.4, 0.5) is 0 Å². The zero-order valence-electron chi connectivity index (χ0n) is 16.2. The molecule has 1 fully saturated rings. The maximum absolute atomic E-state index is 10.6. The SMILES string of the molecule is C=CCc1cc(CN2CCC[C@@H](c3nc4ccccc4s3)C2)c(O)c(OC)c1. The largest absolute Gasteiger partial charge is 0.504 e. The van der Waals surface area contributed by atoms with E-state index in [9.17, 15) is 5.11 Å². The Kier molecular flexibility index (Phi) is 5.64. The molecular weight excluding hydrogens is 368 g/mol. The number of allylic oxidation sites excluding steroid dienone is 1. The number of hydrogen-bond donors (Lipinski definition) is 1. The minimum Gasteiger partial charge on any atom is -0.504 e. The van der Waals surface area contributed by atoms with Crippen molar-refractivity contribution in [2.24, 2.45) is 0 Å². The number of hydrogen-bond acceptors (Lipinski definition) is 5. The van der Waals surface area contributed by atoms with E-state index in [2.05, 4.69) is 35.7 Å². The fourth-order valence-electron chi connectivity index (χ4n) is 4.00. The Labute approximate surface area is 170 Å². The highest BCUT2D eigenvalue weighted by molar-refractivity contribution is 7.18. The summed E-state index contributed by atoms with van der Waals surface area (Å²) in [6.07, 6.45) is 4.95. The molecule has 2 aromatic carbocycles. The fraction of sp³-hybridized carbons (Fsp3) is 0.348. The summed E-state index contributed by atoms with van der Waals surface area (Å²) in [4.78, 5) is 7.30. The van der Waals surface area contributed by atoms with Gasteiger partial charge in [0.05, 0.1) is 22.3 Å². The molecule has 1 saturated heterocycles. The number of ether oxygens (including phenoxy) is 1. The lowest BCUT2D eigenvalue weighted by molar-refractivity contribution is 0.197. The Balaban J connectivity index is 1.53. The molecular formula is C23H26N2O2S. The van der Waals surface area contributed by atoms with Crippen molar-refractivity contribution in [1.29, 1.82) is 0 Å². The summed E-state index contributed by atoms with van der Waals surface area (Å²) >= 11 is 1.81. The number of aromatic hydroxyl groups is 1. The van der Waals surface area contributed by atoms with Crippen LogP contribution in [0, 0.1) is 0 Å². The van der Waals surface area contributed by atoms with E-state index >= 15 is 0 Å². The average molecular weight is 395 g/mol. The van der Waals surface area contributed by atoms with Gasteiger partial charge in [0, 0.05) is 24.6 Å². The van der Waals surface area contributed by atoms with E-state index in [1.165, 1.54) is 16.1 Å². The molecule has 4 nitrogen and oxygen atoms in total. The molecule has 0 aliphatic carbocycles. The topological polar surface area (TPSA) is 45.6 Å². The van der Waals surface area contributed by atoms with E-state index in [1.54, 1.807) is 7.11 Å². The smallest absolute Gasteiger partial charge is 0.162 e. The molecule has 1 N–H and O–H groups in total. The fourth-order valence-corrected chi connectivity index (χ4v) is 5.09. The van der Waals surface area contributed by atoms with Gasteiger partial charge < -0.3 is 9.84 Å². The number of likely N-dealkylation sites (tertiary alicyclic amines) is 1. The summed E-state index contributed by atoms with van der Waals surface area (Å²) in [6.45, 7) is 6.54. The molecule has 3 aromatic rings. The summed E-state index contributed by atoms with van der Waals surface area (Å²) in [5.41, 5.74) is 3.12. The van der Waals surface area contributed by atoms with E-state index in [0.29, 0.717) is 18.2 Å². The molecule has 0 spiro atoms. The second-order valence-electron chi connectivity index (χ2n) is 7.39. The van der Waals surface area contributed by atoms with Crippen molar-refractivity contribution in [2.45, 2.75) is 31.7 Å². The normalized spacial score (nSPS) is 17.7. The highest BCUT2D eigenvalue weighted by Crippen LogP contribution is 2.36. The lowest BCUT2D eigenvalue weighted by Gasteiger charge is -2.32. The molecule has 28 heavy (non-hydrogen) atoms. The summed E-state index contributed by atoms with van der Waals surface area (Å²) in [5.74, 6) is 1.23. The summed E-state index contributed by atoms with van der Waals surface area (Å²) in [5, 5.41) is 11.8. The second-order valence-corrected chi connectivity index (χ2v) is 8.45. The highest BCUT2D eigenvalue weighted by Gasteiger charge is 2.25. The van der Waals surface area contributed by atoms with E-state index in [1.807, 2.05) is 29.5 Å². The number of phenolic OH excluding ortho intramolecular Hbond substituents is 1. The first-order valence-electron chi connectivity index (χ1n) is 9.75. The van der Waals surface area contributed by atoms with Gasteiger partial charge in [0.25, 0.3) is 0 Å². The number of fused-ring (bicyclic) bond motifs is 1. The van der Waals surface area contributed by atoms with Crippen molar-refractivity contribution < 1.29 is 9.84 Å². The van der Waals surface area contributed by atoms with Crippen LogP contribution in [0.15, 0.2) is 49.1 Å². The van der Waals surface area contributed by atoms with Gasteiger partial charge in [0.2, 0.25) is 0 Å². The van der Waals surface area contributed by atoms with E-state index in [4.69, 9.17) is 9.72 Å². The number of phenols is 1. The predicted molar refractivity (Wildman–Crippen MR) is 115 cm³/mol.